The monoisotopic (exact) mass is 360 g/mol. The highest BCUT2D eigenvalue weighted by Crippen LogP contribution is 2.12. The number of H-pyrrole nitrogens is 1. The normalized spacial score (nSPS) is 14.2. The van der Waals surface area contributed by atoms with E-state index in [0.717, 1.165) is 0 Å². The number of carbonyl (C=O) groups excluding carboxylic acids is 2. The molecule has 8 nitrogen and oxygen atoms in total. The molecule has 1 aliphatic heterocycles. The molecule has 136 valence electrons. The van der Waals surface area contributed by atoms with Crippen LogP contribution in [-0.2, 0) is 4.79 Å². The van der Waals surface area contributed by atoms with Crippen LogP contribution in [0.3, 0.4) is 0 Å². The summed E-state index contributed by atoms with van der Waals surface area (Å²) in [6, 6.07) is 8.19. The first-order chi connectivity index (χ1) is 12.5. The fourth-order valence-corrected chi connectivity index (χ4v) is 2.58. The van der Waals surface area contributed by atoms with Crippen LogP contribution in [0.4, 0.5) is 4.39 Å². The predicted octanol–water partition coefficient (Wildman–Crippen LogP) is 0.272. The molecule has 3 rings (SSSR count). The summed E-state index contributed by atoms with van der Waals surface area (Å²) in [7, 11) is 0. The largest absolute Gasteiger partial charge is 0.484 e. The molecule has 1 saturated heterocycles. The fourth-order valence-electron chi connectivity index (χ4n) is 2.58. The fraction of sp³-hybridized carbons (Fsp3) is 0.294. The Morgan fingerprint density at radius 2 is 1.85 bits per heavy atom. The van der Waals surface area contributed by atoms with Crippen molar-refractivity contribution in [3.05, 3.63) is 58.3 Å². The van der Waals surface area contributed by atoms with Crippen LogP contribution in [-0.4, -0.2) is 64.6 Å². The van der Waals surface area contributed by atoms with E-state index in [2.05, 4.69) is 10.2 Å². The Hall–Kier alpha value is -3.23. The maximum Gasteiger partial charge on any atom is 0.274 e. The zero-order valence-corrected chi connectivity index (χ0v) is 13.9. The van der Waals surface area contributed by atoms with E-state index in [-0.39, 0.29) is 35.4 Å². The number of ether oxygens (including phenoxy) is 1. The summed E-state index contributed by atoms with van der Waals surface area (Å²) in [6.07, 6.45) is 0. The highest BCUT2D eigenvalue weighted by molar-refractivity contribution is 5.92. The van der Waals surface area contributed by atoms with Gasteiger partial charge in [-0.15, -0.1) is 0 Å². The maximum atomic E-state index is 13.1. The molecule has 9 heteroatoms. The Labute approximate surface area is 148 Å². The molecule has 0 unspecified atom stereocenters. The molecule has 0 aliphatic carbocycles. The average molecular weight is 360 g/mol. The molecule has 0 bridgehead atoms. The van der Waals surface area contributed by atoms with Gasteiger partial charge in [0, 0.05) is 38.3 Å². The molecule has 1 aliphatic rings. The summed E-state index contributed by atoms with van der Waals surface area (Å²) in [5, 5.41) is 5.94. The third-order valence-corrected chi connectivity index (χ3v) is 3.98. The molecule has 1 aromatic heterocycles. The van der Waals surface area contributed by atoms with Crippen LogP contribution in [0, 0.1) is 5.82 Å². The molecule has 0 spiro atoms. The van der Waals surface area contributed by atoms with Gasteiger partial charge in [-0.1, -0.05) is 6.07 Å². The summed E-state index contributed by atoms with van der Waals surface area (Å²) < 4.78 is 18.4. The Balaban J connectivity index is 1.49. The lowest BCUT2D eigenvalue weighted by molar-refractivity contribution is -0.134. The van der Waals surface area contributed by atoms with Crippen LogP contribution in [0.25, 0.3) is 0 Å². The van der Waals surface area contributed by atoms with Gasteiger partial charge in [-0.05, 0) is 18.2 Å². The highest BCUT2D eigenvalue weighted by atomic mass is 19.1. The van der Waals surface area contributed by atoms with Gasteiger partial charge in [0.15, 0.2) is 6.61 Å². The third kappa shape index (κ3) is 4.24. The maximum absolute atomic E-state index is 13.1. The second kappa shape index (κ2) is 7.77. The molecule has 2 heterocycles. The second-order valence-electron chi connectivity index (χ2n) is 5.73. The van der Waals surface area contributed by atoms with Crippen molar-refractivity contribution in [1.82, 2.24) is 20.0 Å². The molecule has 0 saturated carbocycles. The van der Waals surface area contributed by atoms with E-state index in [1.165, 1.54) is 30.3 Å². The summed E-state index contributed by atoms with van der Waals surface area (Å²) in [4.78, 5) is 38.7. The van der Waals surface area contributed by atoms with Crippen molar-refractivity contribution in [3.8, 4) is 5.75 Å². The van der Waals surface area contributed by atoms with Crippen molar-refractivity contribution < 1.29 is 18.7 Å². The predicted molar refractivity (Wildman–Crippen MR) is 89.2 cm³/mol. The van der Waals surface area contributed by atoms with E-state index < -0.39 is 5.82 Å². The first-order valence-corrected chi connectivity index (χ1v) is 8.04. The lowest BCUT2D eigenvalue weighted by atomic mass is 10.2. The van der Waals surface area contributed by atoms with Gasteiger partial charge in [0.1, 0.15) is 17.3 Å². The van der Waals surface area contributed by atoms with E-state index >= 15 is 0 Å². The topological polar surface area (TPSA) is 95.6 Å². The van der Waals surface area contributed by atoms with Crippen molar-refractivity contribution in [3.63, 3.8) is 0 Å². The number of piperazine rings is 1. The average Bonchev–Trinajstić information content (AvgIpc) is 2.66. The van der Waals surface area contributed by atoms with Crippen LogP contribution in [0.2, 0.25) is 0 Å². The first kappa shape index (κ1) is 17.6. The van der Waals surface area contributed by atoms with Gasteiger partial charge in [0.2, 0.25) is 0 Å². The van der Waals surface area contributed by atoms with E-state index in [9.17, 15) is 18.8 Å². The SMILES string of the molecule is O=C(COc1cccc(F)c1)N1CCN(C(=O)c2ccc(=O)[nH]n2)CC1. The molecule has 0 radical (unpaired) electrons. The van der Waals surface area contributed by atoms with Gasteiger partial charge < -0.3 is 14.5 Å². The minimum Gasteiger partial charge on any atom is -0.484 e. The van der Waals surface area contributed by atoms with Gasteiger partial charge in [0.05, 0.1) is 0 Å². The smallest absolute Gasteiger partial charge is 0.274 e. The number of hydrogen-bond donors (Lipinski definition) is 1. The van der Waals surface area contributed by atoms with Crippen molar-refractivity contribution >= 4 is 11.8 Å². The number of rotatable bonds is 4. The van der Waals surface area contributed by atoms with Gasteiger partial charge in [-0.2, -0.15) is 5.10 Å². The zero-order chi connectivity index (χ0) is 18.5. The molecular formula is C17H17FN4O4. The number of carbonyl (C=O) groups is 2. The summed E-state index contributed by atoms with van der Waals surface area (Å²) in [6.45, 7) is 1.23. The summed E-state index contributed by atoms with van der Waals surface area (Å²) >= 11 is 0. The minimum atomic E-state index is -0.432. The molecule has 1 N–H and O–H groups in total. The highest BCUT2D eigenvalue weighted by Gasteiger charge is 2.25. The molecule has 2 aromatic rings. The van der Waals surface area contributed by atoms with E-state index in [4.69, 9.17) is 4.74 Å². The van der Waals surface area contributed by atoms with Gasteiger partial charge >= 0.3 is 0 Å². The Bertz CT molecular complexity index is 841. The molecule has 1 fully saturated rings. The van der Waals surface area contributed by atoms with Crippen molar-refractivity contribution in [1.29, 1.82) is 0 Å². The van der Waals surface area contributed by atoms with E-state index in [1.807, 2.05) is 0 Å². The van der Waals surface area contributed by atoms with Crippen molar-refractivity contribution in [2.45, 2.75) is 0 Å². The van der Waals surface area contributed by atoms with E-state index in [1.54, 1.807) is 15.9 Å². The molecule has 2 amide bonds. The van der Waals surface area contributed by atoms with Gasteiger partial charge in [-0.3, -0.25) is 14.4 Å². The van der Waals surface area contributed by atoms with Crippen molar-refractivity contribution in [2.24, 2.45) is 0 Å². The molecule has 26 heavy (non-hydrogen) atoms. The van der Waals surface area contributed by atoms with Crippen LogP contribution >= 0.6 is 0 Å². The summed E-state index contributed by atoms with van der Waals surface area (Å²) in [5.74, 6) is -0.679. The van der Waals surface area contributed by atoms with Crippen LogP contribution < -0.4 is 10.3 Å². The number of nitrogens with one attached hydrogen (secondary N) is 1. The number of benzene rings is 1. The quantitative estimate of drug-likeness (QED) is 0.845. The molecular weight excluding hydrogens is 343 g/mol. The molecule has 0 atom stereocenters. The molecule has 1 aromatic carbocycles. The standard InChI is InChI=1S/C17H17FN4O4/c18-12-2-1-3-13(10-12)26-11-16(24)21-6-8-22(9-7-21)17(25)14-4-5-15(23)20-19-14/h1-5,10H,6-9,11H2,(H,20,23). The van der Waals surface area contributed by atoms with Crippen LogP contribution in [0.15, 0.2) is 41.2 Å². The lowest BCUT2D eigenvalue weighted by Crippen LogP contribution is -2.51. The van der Waals surface area contributed by atoms with Crippen LogP contribution in [0.5, 0.6) is 5.75 Å². The zero-order valence-electron chi connectivity index (χ0n) is 13.9. The van der Waals surface area contributed by atoms with Crippen molar-refractivity contribution in [2.75, 3.05) is 32.8 Å². The first-order valence-electron chi connectivity index (χ1n) is 8.04. The van der Waals surface area contributed by atoms with Gasteiger partial charge in [-0.25, -0.2) is 9.49 Å². The van der Waals surface area contributed by atoms with Crippen LogP contribution in [0.1, 0.15) is 10.5 Å². The Morgan fingerprint density at radius 3 is 2.50 bits per heavy atom. The number of amides is 2. The number of halogens is 1. The second-order valence-corrected chi connectivity index (χ2v) is 5.73. The minimum absolute atomic E-state index is 0.152. The third-order valence-electron chi connectivity index (χ3n) is 3.98. The number of hydrogen-bond acceptors (Lipinski definition) is 5. The lowest BCUT2D eigenvalue weighted by Gasteiger charge is -2.34. The Kier molecular flexibility index (Phi) is 5.26. The Morgan fingerprint density at radius 1 is 1.12 bits per heavy atom. The van der Waals surface area contributed by atoms with E-state index in [0.29, 0.717) is 26.2 Å². The number of aromatic amines is 1. The summed E-state index contributed by atoms with van der Waals surface area (Å²) in [5.41, 5.74) is -0.228. The number of nitrogens with zero attached hydrogens (tertiary/aromatic N) is 3. The van der Waals surface area contributed by atoms with Gasteiger partial charge in [0.25, 0.3) is 17.4 Å². The number of aromatic nitrogens is 2.